The average Bonchev–Trinajstić information content (AvgIpc) is 2.41. The van der Waals surface area contributed by atoms with E-state index < -0.39 is 21.8 Å². The number of benzene rings is 1. The van der Waals surface area contributed by atoms with E-state index in [0.717, 1.165) is 12.1 Å². The van der Waals surface area contributed by atoms with Crippen molar-refractivity contribution < 1.29 is 22.7 Å². The summed E-state index contributed by atoms with van der Waals surface area (Å²) in [6.45, 7) is 1.83. The molecule has 0 spiro atoms. The number of carboxylic acid groups (broad SMARTS) is 1. The molecule has 21 heavy (non-hydrogen) atoms. The monoisotopic (exact) mass is 316 g/mol. The molecule has 1 fully saturated rings. The highest BCUT2D eigenvalue weighted by molar-refractivity contribution is 7.89. The quantitative estimate of drug-likeness (QED) is 0.864. The van der Waals surface area contributed by atoms with E-state index in [0.29, 0.717) is 12.8 Å². The number of carboxylic acids is 1. The van der Waals surface area contributed by atoms with Crippen molar-refractivity contribution in [3.63, 3.8) is 0 Å². The van der Waals surface area contributed by atoms with Crippen LogP contribution in [0.25, 0.3) is 0 Å². The molecule has 1 aromatic carbocycles. The highest BCUT2D eigenvalue weighted by Gasteiger charge is 2.31. The number of nitrogens with zero attached hydrogens (tertiary/aromatic N) is 1. The van der Waals surface area contributed by atoms with Crippen molar-refractivity contribution in [3.05, 3.63) is 29.1 Å². The van der Waals surface area contributed by atoms with Gasteiger partial charge in [-0.1, -0.05) is 0 Å². The van der Waals surface area contributed by atoms with Crippen LogP contribution in [0.3, 0.4) is 0 Å². The van der Waals surface area contributed by atoms with Crippen LogP contribution in [0.2, 0.25) is 0 Å². The van der Waals surface area contributed by atoms with E-state index in [1.807, 2.05) is 0 Å². The van der Waals surface area contributed by atoms with Crippen molar-refractivity contribution in [1.82, 2.24) is 4.31 Å². The van der Waals surface area contributed by atoms with Gasteiger partial charge in [0.05, 0.1) is 10.5 Å². The first-order valence-electron chi connectivity index (χ1n) is 6.52. The Morgan fingerprint density at radius 1 is 1.38 bits per heavy atom. The average molecular weight is 316 g/mol. The number of nitrogens with two attached hydrogens (primary N) is 1. The summed E-state index contributed by atoms with van der Waals surface area (Å²) in [6.07, 6.45) is 1.05. The maximum Gasteiger partial charge on any atom is 0.335 e. The van der Waals surface area contributed by atoms with Crippen molar-refractivity contribution in [1.29, 1.82) is 0 Å². The standard InChI is InChI=1S/C13H17FN2O4S/c1-8-11(14)6-9(13(17)18)7-12(8)21(19,20)16-4-2-10(15)3-5-16/h6-7,10H,2-5,15H2,1H3,(H,17,18). The van der Waals surface area contributed by atoms with Crippen LogP contribution in [-0.2, 0) is 10.0 Å². The van der Waals surface area contributed by atoms with Gasteiger partial charge < -0.3 is 10.8 Å². The molecule has 3 N–H and O–H groups in total. The molecule has 0 aromatic heterocycles. The Kier molecular flexibility index (Phi) is 4.31. The minimum Gasteiger partial charge on any atom is -0.478 e. The summed E-state index contributed by atoms with van der Waals surface area (Å²) in [6, 6.07) is 1.78. The number of hydrogen-bond acceptors (Lipinski definition) is 4. The molecule has 1 heterocycles. The summed E-state index contributed by atoms with van der Waals surface area (Å²) in [5.74, 6) is -2.21. The van der Waals surface area contributed by atoms with Gasteiger partial charge in [-0.2, -0.15) is 4.31 Å². The predicted octanol–water partition coefficient (Wildman–Crippen LogP) is 0.944. The van der Waals surface area contributed by atoms with Crippen molar-refractivity contribution in [3.8, 4) is 0 Å². The van der Waals surface area contributed by atoms with Gasteiger partial charge in [-0.05, 0) is 31.9 Å². The molecule has 0 unspecified atom stereocenters. The van der Waals surface area contributed by atoms with Gasteiger partial charge in [0.2, 0.25) is 10.0 Å². The zero-order valence-electron chi connectivity index (χ0n) is 11.5. The molecule has 1 aliphatic rings. The van der Waals surface area contributed by atoms with Crippen LogP contribution in [0.1, 0.15) is 28.8 Å². The summed E-state index contributed by atoms with van der Waals surface area (Å²) in [5, 5.41) is 8.94. The Bertz CT molecular complexity index is 667. The third kappa shape index (κ3) is 3.07. The molecule has 0 aliphatic carbocycles. The second-order valence-electron chi connectivity index (χ2n) is 5.13. The molecule has 0 atom stereocenters. The molecule has 0 radical (unpaired) electrons. The summed E-state index contributed by atoms with van der Waals surface area (Å²) in [7, 11) is -3.92. The van der Waals surface area contributed by atoms with E-state index in [-0.39, 0.29) is 35.2 Å². The SMILES string of the molecule is Cc1c(F)cc(C(=O)O)cc1S(=O)(=O)N1CCC(N)CC1. The molecule has 1 aromatic rings. The maximum atomic E-state index is 13.8. The highest BCUT2D eigenvalue weighted by atomic mass is 32.2. The van der Waals surface area contributed by atoms with Crippen LogP contribution >= 0.6 is 0 Å². The molecule has 2 rings (SSSR count). The maximum absolute atomic E-state index is 13.8. The summed E-state index contributed by atoms with van der Waals surface area (Å²) in [4.78, 5) is 10.7. The van der Waals surface area contributed by atoms with Gasteiger partial charge in [0.1, 0.15) is 5.82 Å². The third-order valence-electron chi connectivity index (χ3n) is 3.66. The van der Waals surface area contributed by atoms with Crippen LogP contribution < -0.4 is 5.73 Å². The number of aromatic carboxylic acids is 1. The molecular weight excluding hydrogens is 299 g/mol. The second-order valence-corrected chi connectivity index (χ2v) is 7.03. The smallest absolute Gasteiger partial charge is 0.335 e. The van der Waals surface area contributed by atoms with Crippen LogP contribution in [0, 0.1) is 12.7 Å². The lowest BCUT2D eigenvalue weighted by Crippen LogP contribution is -2.43. The number of sulfonamides is 1. The fourth-order valence-electron chi connectivity index (χ4n) is 2.30. The first-order chi connectivity index (χ1) is 9.73. The Hall–Kier alpha value is -1.51. The molecule has 8 heteroatoms. The fraction of sp³-hybridized carbons (Fsp3) is 0.462. The van der Waals surface area contributed by atoms with Gasteiger partial charge in [-0.15, -0.1) is 0 Å². The van der Waals surface area contributed by atoms with E-state index in [2.05, 4.69) is 0 Å². The van der Waals surface area contributed by atoms with Crippen LogP contribution in [0.5, 0.6) is 0 Å². The Balaban J connectivity index is 2.47. The van der Waals surface area contributed by atoms with Gasteiger partial charge in [0, 0.05) is 24.7 Å². The number of rotatable bonds is 3. The molecule has 0 amide bonds. The number of hydrogen-bond donors (Lipinski definition) is 2. The van der Waals surface area contributed by atoms with E-state index >= 15 is 0 Å². The van der Waals surface area contributed by atoms with Crippen LogP contribution in [0.15, 0.2) is 17.0 Å². The first-order valence-corrected chi connectivity index (χ1v) is 7.96. The van der Waals surface area contributed by atoms with Gasteiger partial charge in [0.25, 0.3) is 0 Å². The van der Waals surface area contributed by atoms with Crippen molar-refractivity contribution >= 4 is 16.0 Å². The van der Waals surface area contributed by atoms with Gasteiger partial charge in [-0.25, -0.2) is 17.6 Å². The first kappa shape index (κ1) is 15.9. The largest absolute Gasteiger partial charge is 0.478 e. The van der Waals surface area contributed by atoms with Crippen LogP contribution in [-0.4, -0.2) is 42.9 Å². The lowest BCUT2D eigenvalue weighted by Gasteiger charge is -2.29. The van der Waals surface area contributed by atoms with Crippen molar-refractivity contribution in [2.45, 2.75) is 30.7 Å². The summed E-state index contributed by atoms with van der Waals surface area (Å²) < 4.78 is 40.2. The van der Waals surface area contributed by atoms with E-state index in [9.17, 15) is 17.6 Å². The molecule has 1 saturated heterocycles. The molecule has 0 saturated carbocycles. The Labute approximate surface area is 122 Å². The van der Waals surface area contributed by atoms with E-state index in [4.69, 9.17) is 10.8 Å². The topological polar surface area (TPSA) is 101 Å². The van der Waals surface area contributed by atoms with E-state index in [1.165, 1.54) is 11.2 Å². The molecule has 1 aliphatic heterocycles. The molecule has 0 bridgehead atoms. The predicted molar refractivity (Wildman–Crippen MR) is 74.1 cm³/mol. The Morgan fingerprint density at radius 2 is 1.95 bits per heavy atom. The highest BCUT2D eigenvalue weighted by Crippen LogP contribution is 2.26. The van der Waals surface area contributed by atoms with Crippen molar-refractivity contribution in [2.24, 2.45) is 5.73 Å². The normalized spacial score (nSPS) is 17.9. The minimum absolute atomic E-state index is 0.0420. The van der Waals surface area contributed by atoms with Crippen molar-refractivity contribution in [2.75, 3.05) is 13.1 Å². The Morgan fingerprint density at radius 3 is 2.48 bits per heavy atom. The molecule has 116 valence electrons. The number of halogens is 1. The number of piperidine rings is 1. The second kappa shape index (κ2) is 5.70. The lowest BCUT2D eigenvalue weighted by atomic mass is 10.1. The van der Waals surface area contributed by atoms with Crippen LogP contribution in [0.4, 0.5) is 4.39 Å². The molecular formula is C13H17FN2O4S. The summed E-state index contributed by atoms with van der Waals surface area (Å²) in [5.41, 5.74) is 5.28. The number of carbonyl (C=O) groups is 1. The van der Waals surface area contributed by atoms with Gasteiger partial charge in [0.15, 0.2) is 0 Å². The fourth-order valence-corrected chi connectivity index (χ4v) is 4.03. The minimum atomic E-state index is -3.92. The summed E-state index contributed by atoms with van der Waals surface area (Å²) >= 11 is 0. The van der Waals surface area contributed by atoms with Gasteiger partial charge in [-0.3, -0.25) is 0 Å². The molecule has 6 nitrogen and oxygen atoms in total. The zero-order valence-corrected chi connectivity index (χ0v) is 12.4. The third-order valence-corrected chi connectivity index (χ3v) is 5.68. The lowest BCUT2D eigenvalue weighted by molar-refractivity contribution is 0.0696. The van der Waals surface area contributed by atoms with Gasteiger partial charge >= 0.3 is 5.97 Å². The van der Waals surface area contributed by atoms with E-state index in [1.54, 1.807) is 0 Å². The zero-order chi connectivity index (χ0) is 15.8.